The number of ether oxygens (including phenoxy) is 1. The molecule has 1 atom stereocenters. The number of carbonyl (C=O) groups is 1. The normalized spacial score (nSPS) is 19.4. The molecule has 0 radical (unpaired) electrons. The minimum absolute atomic E-state index is 0.0992. The number of nitrogens with two attached hydrogens (primary N) is 1. The van der Waals surface area contributed by atoms with E-state index in [0.29, 0.717) is 73.1 Å². The lowest BCUT2D eigenvalue weighted by Crippen LogP contribution is -2.41. The van der Waals surface area contributed by atoms with Gasteiger partial charge in [-0.15, -0.1) is 0 Å². The van der Waals surface area contributed by atoms with Crippen LogP contribution in [-0.4, -0.2) is 71.5 Å². The molecule has 11 nitrogen and oxygen atoms in total. The van der Waals surface area contributed by atoms with E-state index < -0.39 is 5.60 Å². The third-order valence-electron chi connectivity index (χ3n) is 6.27. The molecule has 0 aliphatic carbocycles. The minimum Gasteiger partial charge on any atom is -0.378 e. The van der Waals surface area contributed by atoms with E-state index in [9.17, 15) is 9.90 Å². The maximum Gasteiger partial charge on any atom is 0.275 e. The van der Waals surface area contributed by atoms with Crippen LogP contribution in [0.2, 0.25) is 0 Å². The number of aryl methyl sites for hydroxylation is 1. The highest BCUT2D eigenvalue weighted by Gasteiger charge is 2.37. The van der Waals surface area contributed by atoms with Crippen molar-refractivity contribution in [1.29, 1.82) is 0 Å². The molecule has 2 aliphatic heterocycles. The van der Waals surface area contributed by atoms with Gasteiger partial charge in [-0.2, -0.15) is 10.1 Å². The van der Waals surface area contributed by atoms with E-state index in [0.717, 1.165) is 0 Å². The Balaban J connectivity index is 1.44. The van der Waals surface area contributed by atoms with Crippen LogP contribution < -0.4 is 5.73 Å². The van der Waals surface area contributed by atoms with Gasteiger partial charge in [0.05, 0.1) is 18.7 Å². The van der Waals surface area contributed by atoms with Crippen molar-refractivity contribution in [2.45, 2.75) is 18.6 Å². The second kappa shape index (κ2) is 8.19. The largest absolute Gasteiger partial charge is 0.378 e. The molecule has 11 heteroatoms. The van der Waals surface area contributed by atoms with Crippen LogP contribution in [0, 0.1) is 11.8 Å². The molecule has 35 heavy (non-hydrogen) atoms. The van der Waals surface area contributed by atoms with E-state index in [1.807, 2.05) is 29.0 Å². The molecule has 1 unspecified atom stereocenters. The predicted molar refractivity (Wildman–Crippen MR) is 125 cm³/mol. The van der Waals surface area contributed by atoms with E-state index >= 15 is 0 Å². The molecular formula is C24H22N8O3. The highest BCUT2D eigenvalue weighted by atomic mass is 16.5. The number of imidazole rings is 1. The molecule has 176 valence electrons. The van der Waals surface area contributed by atoms with E-state index in [2.05, 4.69) is 31.9 Å². The number of aliphatic hydroxyl groups is 1. The van der Waals surface area contributed by atoms with Gasteiger partial charge < -0.3 is 25.0 Å². The van der Waals surface area contributed by atoms with Gasteiger partial charge in [0.2, 0.25) is 5.95 Å². The molecule has 1 amide bonds. The Labute approximate surface area is 200 Å². The average molecular weight is 470 g/mol. The number of hydrogen-bond acceptors (Lipinski definition) is 8. The molecule has 0 saturated carbocycles. The van der Waals surface area contributed by atoms with E-state index in [1.165, 1.54) is 6.20 Å². The van der Waals surface area contributed by atoms with Gasteiger partial charge in [0, 0.05) is 61.7 Å². The Morgan fingerprint density at radius 2 is 2.00 bits per heavy atom. The first-order chi connectivity index (χ1) is 17.0. The van der Waals surface area contributed by atoms with Crippen molar-refractivity contribution in [2.24, 2.45) is 0 Å². The standard InChI is InChI=1S/C24H22N8O3/c25-23-27-7-4-19(28-23)32-18-15-16(3-5-24(34)6-9-31-10-8-26-22(24)31)1-2-17(18)20(29-32)21(33)30-11-13-35-14-12-30/h1-2,4,7-8,10,15,34H,6,9,11-14H2,(H2,25,27,28). The number of anilines is 1. The first-order valence-corrected chi connectivity index (χ1v) is 11.3. The van der Waals surface area contributed by atoms with Gasteiger partial charge in [0.1, 0.15) is 0 Å². The molecule has 3 aromatic heterocycles. The smallest absolute Gasteiger partial charge is 0.275 e. The lowest BCUT2D eigenvalue weighted by atomic mass is 10.0. The molecule has 1 saturated heterocycles. The van der Waals surface area contributed by atoms with Crippen LogP contribution in [0.15, 0.2) is 42.9 Å². The number of amides is 1. The first-order valence-electron chi connectivity index (χ1n) is 11.3. The highest BCUT2D eigenvalue weighted by Crippen LogP contribution is 2.30. The number of nitrogen functional groups attached to an aromatic ring is 1. The monoisotopic (exact) mass is 470 g/mol. The lowest BCUT2D eigenvalue weighted by molar-refractivity contribution is 0.0300. The number of benzene rings is 1. The number of carbonyl (C=O) groups excluding carboxylic acids is 1. The molecule has 6 rings (SSSR count). The van der Waals surface area contributed by atoms with Crippen molar-refractivity contribution < 1.29 is 14.6 Å². The van der Waals surface area contributed by atoms with Gasteiger partial charge in [0.25, 0.3) is 5.91 Å². The lowest BCUT2D eigenvalue weighted by Gasteiger charge is -2.26. The summed E-state index contributed by atoms with van der Waals surface area (Å²) in [4.78, 5) is 27.5. The Morgan fingerprint density at radius 3 is 2.83 bits per heavy atom. The van der Waals surface area contributed by atoms with Crippen LogP contribution in [-0.2, 0) is 16.9 Å². The maximum atomic E-state index is 13.3. The predicted octanol–water partition coefficient (Wildman–Crippen LogP) is 0.710. The fourth-order valence-corrected chi connectivity index (χ4v) is 4.47. The third-order valence-corrected chi connectivity index (χ3v) is 6.27. The van der Waals surface area contributed by atoms with E-state index in [4.69, 9.17) is 10.5 Å². The number of hydrogen-bond donors (Lipinski definition) is 2. The van der Waals surface area contributed by atoms with E-state index in [1.54, 1.807) is 21.8 Å². The van der Waals surface area contributed by atoms with Crippen LogP contribution in [0.25, 0.3) is 16.7 Å². The molecule has 5 heterocycles. The Morgan fingerprint density at radius 1 is 1.14 bits per heavy atom. The number of fused-ring (bicyclic) bond motifs is 2. The van der Waals surface area contributed by atoms with Crippen molar-refractivity contribution in [2.75, 3.05) is 32.0 Å². The summed E-state index contributed by atoms with van der Waals surface area (Å²) in [5, 5.41) is 16.3. The molecule has 0 spiro atoms. The number of morpholine rings is 1. The topological polar surface area (TPSA) is 137 Å². The number of aromatic nitrogens is 6. The van der Waals surface area contributed by atoms with E-state index in [-0.39, 0.29) is 11.9 Å². The number of rotatable bonds is 2. The maximum absolute atomic E-state index is 13.3. The van der Waals surface area contributed by atoms with Crippen LogP contribution in [0.3, 0.4) is 0 Å². The van der Waals surface area contributed by atoms with Gasteiger partial charge >= 0.3 is 0 Å². The van der Waals surface area contributed by atoms with Gasteiger partial charge in [-0.1, -0.05) is 11.8 Å². The SMILES string of the molecule is Nc1nccc(-n2nc(C(=O)N3CCOCC3)c3ccc(C#CC4(O)CCn5ccnc54)cc32)n1. The summed E-state index contributed by atoms with van der Waals surface area (Å²) in [7, 11) is 0. The van der Waals surface area contributed by atoms with Gasteiger partial charge in [-0.25, -0.2) is 14.6 Å². The summed E-state index contributed by atoms with van der Waals surface area (Å²) >= 11 is 0. The van der Waals surface area contributed by atoms with Crippen molar-refractivity contribution in [3.8, 4) is 17.7 Å². The first kappa shape index (κ1) is 21.3. The Hall–Kier alpha value is -4.27. The summed E-state index contributed by atoms with van der Waals surface area (Å²) in [6, 6.07) is 7.14. The van der Waals surface area contributed by atoms with Gasteiger partial charge in [-0.3, -0.25) is 4.79 Å². The molecule has 1 aromatic carbocycles. The molecule has 2 aliphatic rings. The van der Waals surface area contributed by atoms with Crippen LogP contribution in [0.1, 0.15) is 28.3 Å². The molecule has 4 aromatic rings. The Bertz CT molecular complexity index is 1510. The summed E-state index contributed by atoms with van der Waals surface area (Å²) in [5.74, 6) is 6.97. The van der Waals surface area contributed by atoms with Crippen LogP contribution >= 0.6 is 0 Å². The van der Waals surface area contributed by atoms with Crippen molar-refractivity contribution in [3.05, 3.63) is 59.9 Å². The van der Waals surface area contributed by atoms with Crippen molar-refractivity contribution in [1.82, 2.24) is 34.2 Å². The van der Waals surface area contributed by atoms with Crippen LogP contribution in [0.5, 0.6) is 0 Å². The Kier molecular flexibility index (Phi) is 4.98. The second-order valence-electron chi connectivity index (χ2n) is 8.47. The summed E-state index contributed by atoms with van der Waals surface area (Å²) in [5.41, 5.74) is 6.11. The molecule has 1 fully saturated rings. The van der Waals surface area contributed by atoms with Gasteiger partial charge in [0.15, 0.2) is 22.9 Å². The summed E-state index contributed by atoms with van der Waals surface area (Å²) < 4.78 is 8.85. The molecular weight excluding hydrogens is 448 g/mol. The van der Waals surface area contributed by atoms with Crippen LogP contribution in [0.4, 0.5) is 5.95 Å². The zero-order valence-corrected chi connectivity index (χ0v) is 18.8. The number of nitrogens with zero attached hydrogens (tertiary/aromatic N) is 7. The van der Waals surface area contributed by atoms with Crippen molar-refractivity contribution >= 4 is 22.8 Å². The summed E-state index contributed by atoms with van der Waals surface area (Å²) in [6.45, 7) is 2.66. The minimum atomic E-state index is -1.31. The quantitative estimate of drug-likeness (QED) is 0.409. The fourth-order valence-electron chi connectivity index (χ4n) is 4.47. The zero-order valence-electron chi connectivity index (χ0n) is 18.8. The summed E-state index contributed by atoms with van der Waals surface area (Å²) in [6.07, 6.45) is 5.50. The molecule has 0 bridgehead atoms. The van der Waals surface area contributed by atoms with Crippen molar-refractivity contribution in [3.63, 3.8) is 0 Å². The second-order valence-corrected chi connectivity index (χ2v) is 8.47. The molecule has 3 N–H and O–H groups in total. The highest BCUT2D eigenvalue weighted by molar-refractivity contribution is 6.05. The third kappa shape index (κ3) is 3.69. The average Bonchev–Trinajstić information content (AvgIpc) is 3.58. The zero-order chi connectivity index (χ0) is 24.0. The van der Waals surface area contributed by atoms with Gasteiger partial charge in [-0.05, 0) is 18.2 Å². The fraction of sp³-hybridized carbons (Fsp3) is 0.292.